The summed E-state index contributed by atoms with van der Waals surface area (Å²) in [4.78, 5) is 9.23. The second-order valence-electron chi connectivity index (χ2n) is 17.4. The summed E-state index contributed by atoms with van der Waals surface area (Å²) in [6.07, 6.45) is 0. The van der Waals surface area contributed by atoms with Crippen LogP contribution in [0.3, 0.4) is 0 Å². The number of rotatable bonds is 14. The van der Waals surface area contributed by atoms with Crippen LogP contribution in [0.4, 0.5) is 68.2 Å². The van der Waals surface area contributed by atoms with Gasteiger partial charge in [0, 0.05) is 69.1 Å². The van der Waals surface area contributed by atoms with Gasteiger partial charge in [-0.05, 0) is 121 Å². The molecule has 1 aromatic heterocycles. The number of benzene rings is 11. The van der Waals surface area contributed by atoms with Gasteiger partial charge in [-0.15, -0.1) is 0 Å². The Kier molecular flexibility index (Phi) is 11.9. The van der Waals surface area contributed by atoms with Gasteiger partial charge in [-0.2, -0.15) is 0 Å². The molecule has 11 aromatic carbocycles. The van der Waals surface area contributed by atoms with E-state index in [9.17, 15) is 0 Å². The first-order valence-electron chi connectivity index (χ1n) is 24.2. The van der Waals surface area contributed by atoms with E-state index in [-0.39, 0.29) is 0 Å². The van der Waals surface area contributed by atoms with Crippen LogP contribution in [0.25, 0.3) is 21.9 Å². The lowest BCUT2D eigenvalue weighted by molar-refractivity contribution is 0.482. The molecular weight excluding hydrogens is 881 g/mol. The van der Waals surface area contributed by atoms with Crippen LogP contribution in [0.5, 0.6) is 11.5 Å². The molecule has 0 saturated carbocycles. The minimum absolute atomic E-state index is 0.642. The van der Waals surface area contributed by atoms with E-state index in [1.165, 1.54) is 0 Å². The maximum atomic E-state index is 7.03. The molecule has 1 heterocycles. The predicted octanol–water partition coefficient (Wildman–Crippen LogP) is 19.3. The summed E-state index contributed by atoms with van der Waals surface area (Å²) >= 11 is 0. The Morgan fingerprint density at radius 2 is 0.583 bits per heavy atom. The third-order valence-corrected chi connectivity index (χ3v) is 12.7. The van der Waals surface area contributed by atoms with E-state index in [4.69, 9.17) is 9.15 Å². The van der Waals surface area contributed by atoms with E-state index >= 15 is 0 Å². The molecule has 0 aliphatic heterocycles. The third-order valence-electron chi connectivity index (χ3n) is 12.7. The zero-order valence-corrected chi connectivity index (χ0v) is 39.3. The number of fused-ring (bicyclic) bond motifs is 3. The van der Waals surface area contributed by atoms with Crippen molar-refractivity contribution < 1.29 is 9.15 Å². The Labute approximate surface area is 419 Å². The molecule has 0 atom stereocenters. The van der Waals surface area contributed by atoms with Gasteiger partial charge < -0.3 is 28.8 Å². The fourth-order valence-corrected chi connectivity index (χ4v) is 9.64. The number of nitrogens with zero attached hydrogens (tertiary/aromatic N) is 4. The number of anilines is 12. The van der Waals surface area contributed by atoms with Gasteiger partial charge in [0.1, 0.15) is 22.7 Å². The maximum absolute atomic E-state index is 7.03. The van der Waals surface area contributed by atoms with Crippen LogP contribution >= 0.6 is 0 Å². The van der Waals surface area contributed by atoms with Crippen LogP contribution in [-0.2, 0) is 0 Å². The summed E-state index contributed by atoms with van der Waals surface area (Å²) in [6, 6.07) is 101. The van der Waals surface area contributed by atoms with E-state index in [0.717, 1.165) is 90.2 Å². The van der Waals surface area contributed by atoms with Crippen molar-refractivity contribution in [3.05, 3.63) is 291 Å². The number of hydrogen-bond donors (Lipinski definition) is 0. The van der Waals surface area contributed by atoms with Crippen molar-refractivity contribution in [1.82, 2.24) is 0 Å². The van der Waals surface area contributed by atoms with Crippen molar-refractivity contribution in [1.29, 1.82) is 0 Å². The number of hydrogen-bond acceptors (Lipinski definition) is 6. The Hall–Kier alpha value is -9.78. The van der Waals surface area contributed by atoms with Crippen LogP contribution in [0.2, 0.25) is 0 Å². The smallest absolute Gasteiger partial charge is 0.141 e. The summed E-state index contributed by atoms with van der Waals surface area (Å²) in [5, 5.41) is 2.04. The Bertz CT molecular complexity index is 3510. The topological polar surface area (TPSA) is 35.3 Å². The summed E-state index contributed by atoms with van der Waals surface area (Å²) in [6.45, 7) is 0. The molecule has 0 N–H and O–H groups in total. The molecule has 6 nitrogen and oxygen atoms in total. The average molecular weight is 929 g/mol. The van der Waals surface area contributed by atoms with Crippen molar-refractivity contribution in [2.24, 2.45) is 0 Å². The SMILES string of the molecule is c1ccc(N(c2ccccc2)c2cc(N(c3ccccc3)c3ccccc3)cc(N(c3ccccc3)c3cccc(Oc4cc(N(c5ccccc5)c5ccccc5)c5c(c4)oc4ccccc45)c3)c2)cc1. The van der Waals surface area contributed by atoms with Crippen molar-refractivity contribution in [3.63, 3.8) is 0 Å². The summed E-state index contributed by atoms with van der Waals surface area (Å²) < 4.78 is 13.7. The number of ether oxygens (including phenoxy) is 1. The lowest BCUT2D eigenvalue weighted by Crippen LogP contribution is -2.16. The molecule has 12 rings (SSSR count). The fraction of sp³-hybridized carbons (Fsp3) is 0. The van der Waals surface area contributed by atoms with E-state index in [1.807, 2.05) is 36.4 Å². The standard InChI is InChI=1S/C66H48N4O2/c1-8-25-49(26-9-1)67(50-27-10-2-11-28-50)57-43-58(68(51-29-12-3-13-30-51)52-31-14-4-15-32-52)45-59(44-57)69(53-33-16-5-17-34-53)56-39-24-40-60(46-56)71-61-47-63(66-62-41-22-23-42-64(62)72-65(66)48-61)70(54-35-18-6-19-36-54)55-37-20-7-21-38-55/h1-48H. The lowest BCUT2D eigenvalue weighted by atomic mass is 10.1. The van der Waals surface area contributed by atoms with Gasteiger partial charge in [-0.3, -0.25) is 0 Å². The van der Waals surface area contributed by atoms with Crippen LogP contribution in [0.15, 0.2) is 296 Å². The normalized spacial score (nSPS) is 11.1. The molecule has 0 amide bonds. The highest BCUT2D eigenvalue weighted by Crippen LogP contribution is 2.48. The van der Waals surface area contributed by atoms with E-state index in [1.54, 1.807) is 0 Å². The molecule has 0 spiro atoms. The molecule has 0 aliphatic rings. The minimum atomic E-state index is 0.642. The first-order chi connectivity index (χ1) is 35.7. The molecule has 344 valence electrons. The second kappa shape index (κ2) is 19.7. The maximum Gasteiger partial charge on any atom is 0.141 e. The third kappa shape index (κ3) is 8.77. The van der Waals surface area contributed by atoms with Gasteiger partial charge in [0.2, 0.25) is 0 Å². The van der Waals surface area contributed by atoms with Crippen molar-refractivity contribution in [2.45, 2.75) is 0 Å². The highest BCUT2D eigenvalue weighted by molar-refractivity contribution is 6.14. The molecular formula is C66H48N4O2. The Morgan fingerprint density at radius 1 is 0.236 bits per heavy atom. The summed E-state index contributed by atoms with van der Waals surface area (Å²) in [5.41, 5.74) is 13.5. The van der Waals surface area contributed by atoms with E-state index < -0.39 is 0 Å². The van der Waals surface area contributed by atoms with Crippen LogP contribution in [0.1, 0.15) is 0 Å². The molecule has 0 radical (unpaired) electrons. The quantitative estimate of drug-likeness (QED) is 0.108. The molecule has 72 heavy (non-hydrogen) atoms. The second-order valence-corrected chi connectivity index (χ2v) is 17.4. The Morgan fingerprint density at radius 3 is 1.00 bits per heavy atom. The zero-order valence-electron chi connectivity index (χ0n) is 39.3. The van der Waals surface area contributed by atoms with Gasteiger partial charge in [0.25, 0.3) is 0 Å². The van der Waals surface area contributed by atoms with Gasteiger partial charge in [-0.1, -0.05) is 152 Å². The van der Waals surface area contributed by atoms with Crippen LogP contribution in [0, 0.1) is 0 Å². The Balaban J connectivity index is 1.03. The average Bonchev–Trinajstić information content (AvgIpc) is 3.82. The van der Waals surface area contributed by atoms with Crippen molar-refractivity contribution in [3.8, 4) is 11.5 Å². The zero-order chi connectivity index (χ0) is 48.1. The highest BCUT2D eigenvalue weighted by atomic mass is 16.5. The van der Waals surface area contributed by atoms with Crippen molar-refractivity contribution in [2.75, 3.05) is 19.6 Å². The number of para-hydroxylation sites is 8. The van der Waals surface area contributed by atoms with Gasteiger partial charge in [0.15, 0.2) is 0 Å². The summed E-state index contributed by atoms with van der Waals surface area (Å²) in [5.74, 6) is 1.31. The predicted molar refractivity (Wildman–Crippen MR) is 299 cm³/mol. The summed E-state index contributed by atoms with van der Waals surface area (Å²) in [7, 11) is 0. The van der Waals surface area contributed by atoms with E-state index in [0.29, 0.717) is 11.5 Å². The largest absolute Gasteiger partial charge is 0.457 e. The number of furan rings is 1. The molecule has 12 aromatic rings. The first-order valence-corrected chi connectivity index (χ1v) is 24.2. The molecule has 0 unspecified atom stereocenters. The van der Waals surface area contributed by atoms with Gasteiger partial charge in [-0.25, -0.2) is 0 Å². The molecule has 0 fully saturated rings. The molecule has 0 bridgehead atoms. The van der Waals surface area contributed by atoms with Gasteiger partial charge >= 0.3 is 0 Å². The monoisotopic (exact) mass is 928 g/mol. The molecule has 0 aliphatic carbocycles. The van der Waals surface area contributed by atoms with Crippen molar-refractivity contribution >= 4 is 90.2 Å². The minimum Gasteiger partial charge on any atom is -0.457 e. The van der Waals surface area contributed by atoms with E-state index in [2.05, 4.69) is 274 Å². The molecule has 6 heteroatoms. The van der Waals surface area contributed by atoms with Crippen LogP contribution in [-0.4, -0.2) is 0 Å². The first kappa shape index (κ1) is 43.5. The van der Waals surface area contributed by atoms with Crippen LogP contribution < -0.4 is 24.3 Å². The lowest BCUT2D eigenvalue weighted by Gasteiger charge is -2.33. The van der Waals surface area contributed by atoms with Gasteiger partial charge in [0.05, 0.1) is 28.1 Å². The molecule has 0 saturated heterocycles. The fourth-order valence-electron chi connectivity index (χ4n) is 9.64. The highest BCUT2D eigenvalue weighted by Gasteiger charge is 2.24.